The molecule has 5 nitrogen and oxygen atoms in total. The van der Waals surface area contributed by atoms with Gasteiger partial charge in [0, 0.05) is 49.8 Å². The number of hydrogen-bond donors (Lipinski definition) is 0. The summed E-state index contributed by atoms with van der Waals surface area (Å²) < 4.78 is 8.10. The van der Waals surface area contributed by atoms with Crippen LogP contribution in [0.25, 0.3) is 0 Å². The van der Waals surface area contributed by atoms with Gasteiger partial charge in [0.1, 0.15) is 0 Å². The van der Waals surface area contributed by atoms with Gasteiger partial charge in [0.2, 0.25) is 5.91 Å². The lowest BCUT2D eigenvalue weighted by atomic mass is 9.97. The van der Waals surface area contributed by atoms with Gasteiger partial charge in [-0.1, -0.05) is 0 Å². The number of nitrogens with zero attached hydrogens (tertiary/aromatic N) is 3. The lowest BCUT2D eigenvalue weighted by Gasteiger charge is -2.32. The summed E-state index contributed by atoms with van der Waals surface area (Å²) >= 11 is 0. The van der Waals surface area contributed by atoms with Crippen LogP contribution in [0.15, 0.2) is 6.20 Å². The van der Waals surface area contributed by atoms with Crippen LogP contribution in [0.2, 0.25) is 0 Å². The number of carbonyl (C=O) groups is 1. The number of carbonyl (C=O) groups excluding carboxylic acids is 1. The summed E-state index contributed by atoms with van der Waals surface area (Å²) in [7, 11) is 0. The number of hydrogen-bond acceptors (Lipinski definition) is 3. The first-order valence-electron chi connectivity index (χ1n) is 9.69. The summed E-state index contributed by atoms with van der Waals surface area (Å²) in [6, 6.07) is 0. The summed E-state index contributed by atoms with van der Waals surface area (Å²) in [5.74, 6) is 2.49. The van der Waals surface area contributed by atoms with Crippen LogP contribution in [0, 0.1) is 17.8 Å². The fourth-order valence-electron chi connectivity index (χ4n) is 3.77. The minimum Gasteiger partial charge on any atom is -0.380 e. The predicted molar refractivity (Wildman–Crippen MR) is 89.4 cm³/mol. The summed E-state index contributed by atoms with van der Waals surface area (Å²) in [4.78, 5) is 14.6. The molecular formula is C19H27N3O2. The number of aromatic nitrogens is 2. The van der Waals surface area contributed by atoms with Gasteiger partial charge >= 0.3 is 0 Å². The van der Waals surface area contributed by atoms with E-state index in [2.05, 4.69) is 15.8 Å². The Morgan fingerprint density at radius 3 is 2.62 bits per heavy atom. The highest BCUT2D eigenvalue weighted by atomic mass is 16.5. The molecule has 0 spiro atoms. The van der Waals surface area contributed by atoms with Crippen molar-refractivity contribution in [2.24, 2.45) is 17.8 Å². The molecule has 3 fully saturated rings. The molecule has 0 bridgehead atoms. The van der Waals surface area contributed by atoms with Crippen LogP contribution in [-0.2, 0) is 22.6 Å². The molecule has 1 amide bonds. The molecule has 0 N–H and O–H groups in total. The molecule has 0 radical (unpaired) electrons. The first kappa shape index (κ1) is 14.9. The van der Waals surface area contributed by atoms with Crippen molar-refractivity contribution in [3.63, 3.8) is 0 Å². The van der Waals surface area contributed by atoms with Crippen molar-refractivity contribution >= 4 is 5.91 Å². The molecule has 2 heterocycles. The van der Waals surface area contributed by atoms with E-state index in [1.165, 1.54) is 36.9 Å². The number of ether oxygens (including phenoxy) is 1. The lowest BCUT2D eigenvalue weighted by molar-refractivity contribution is -0.134. The zero-order chi connectivity index (χ0) is 16.1. The van der Waals surface area contributed by atoms with Crippen LogP contribution in [-0.4, -0.2) is 40.3 Å². The zero-order valence-corrected chi connectivity index (χ0v) is 14.3. The van der Waals surface area contributed by atoms with Crippen molar-refractivity contribution in [1.29, 1.82) is 0 Å². The molecule has 1 aliphatic heterocycles. The Morgan fingerprint density at radius 1 is 1.12 bits per heavy atom. The minimum absolute atomic E-state index is 0.246. The smallest absolute Gasteiger partial charge is 0.226 e. The third-order valence-corrected chi connectivity index (χ3v) is 5.81. The van der Waals surface area contributed by atoms with E-state index in [9.17, 15) is 4.79 Å². The molecule has 3 saturated carbocycles. The largest absolute Gasteiger partial charge is 0.380 e. The van der Waals surface area contributed by atoms with E-state index < -0.39 is 0 Å². The maximum atomic E-state index is 12.6. The van der Waals surface area contributed by atoms with E-state index in [1.54, 1.807) is 0 Å². The van der Waals surface area contributed by atoms with Crippen LogP contribution in [0.5, 0.6) is 0 Å². The van der Waals surface area contributed by atoms with Crippen molar-refractivity contribution < 1.29 is 9.53 Å². The Balaban J connectivity index is 1.32. The number of amides is 1. The Morgan fingerprint density at radius 2 is 1.92 bits per heavy atom. The quantitative estimate of drug-likeness (QED) is 0.772. The Bertz CT molecular complexity index is 629. The van der Waals surface area contributed by atoms with Gasteiger partial charge in [0.05, 0.1) is 12.3 Å². The van der Waals surface area contributed by atoms with Crippen LogP contribution < -0.4 is 0 Å². The number of fused-ring (bicyclic) bond motifs is 1. The Hall–Kier alpha value is -1.36. The molecule has 1 aromatic heterocycles. The van der Waals surface area contributed by atoms with Gasteiger partial charge in [-0.3, -0.25) is 9.48 Å². The summed E-state index contributed by atoms with van der Waals surface area (Å²) in [5.41, 5.74) is 2.43. The van der Waals surface area contributed by atoms with Gasteiger partial charge in [0.15, 0.2) is 0 Å². The SMILES string of the molecule is O=C(C1CC1)N1Cc2cn(CC3CC3)nc2C(COCC2CC2)C1. The van der Waals surface area contributed by atoms with Gasteiger partial charge in [-0.25, -0.2) is 0 Å². The predicted octanol–water partition coefficient (Wildman–Crippen LogP) is 2.56. The number of rotatable bonds is 7. The van der Waals surface area contributed by atoms with Gasteiger partial charge in [-0.2, -0.15) is 5.10 Å². The molecule has 130 valence electrons. The molecule has 0 saturated heterocycles. The van der Waals surface area contributed by atoms with Crippen LogP contribution in [0.1, 0.15) is 55.7 Å². The van der Waals surface area contributed by atoms with Gasteiger partial charge in [0.25, 0.3) is 0 Å². The highest BCUT2D eigenvalue weighted by molar-refractivity contribution is 5.81. The monoisotopic (exact) mass is 329 g/mol. The van der Waals surface area contributed by atoms with Crippen molar-refractivity contribution in [2.45, 2.75) is 57.5 Å². The fraction of sp³-hybridized carbons (Fsp3) is 0.789. The van der Waals surface area contributed by atoms with Gasteiger partial charge in [-0.15, -0.1) is 0 Å². The van der Waals surface area contributed by atoms with E-state index in [1.807, 2.05) is 0 Å². The third-order valence-electron chi connectivity index (χ3n) is 5.81. The van der Waals surface area contributed by atoms with E-state index in [4.69, 9.17) is 9.84 Å². The highest BCUT2D eigenvalue weighted by Crippen LogP contribution is 2.36. The lowest BCUT2D eigenvalue weighted by Crippen LogP contribution is -2.40. The molecule has 0 aromatic carbocycles. The zero-order valence-electron chi connectivity index (χ0n) is 14.3. The summed E-state index contributed by atoms with van der Waals surface area (Å²) in [6.07, 6.45) is 9.65. The van der Waals surface area contributed by atoms with E-state index in [0.29, 0.717) is 18.4 Å². The molecule has 4 aliphatic rings. The maximum Gasteiger partial charge on any atom is 0.226 e. The minimum atomic E-state index is 0.246. The molecule has 3 aliphatic carbocycles. The van der Waals surface area contributed by atoms with Gasteiger partial charge in [-0.05, 0) is 50.4 Å². The van der Waals surface area contributed by atoms with Crippen molar-refractivity contribution in [3.8, 4) is 0 Å². The first-order valence-corrected chi connectivity index (χ1v) is 9.69. The summed E-state index contributed by atoms with van der Waals surface area (Å²) in [5, 5.41) is 4.88. The highest BCUT2D eigenvalue weighted by Gasteiger charge is 2.38. The molecule has 5 rings (SSSR count). The molecule has 1 unspecified atom stereocenters. The Labute approximate surface area is 143 Å². The first-order chi connectivity index (χ1) is 11.8. The second-order valence-corrected chi connectivity index (χ2v) is 8.38. The Kier molecular flexibility index (Phi) is 3.65. The second kappa shape index (κ2) is 5.87. The van der Waals surface area contributed by atoms with E-state index in [0.717, 1.165) is 50.9 Å². The van der Waals surface area contributed by atoms with E-state index in [-0.39, 0.29) is 5.92 Å². The maximum absolute atomic E-state index is 12.6. The molecule has 24 heavy (non-hydrogen) atoms. The molecule has 1 atom stereocenters. The average Bonchev–Trinajstić information content (AvgIpc) is 3.41. The second-order valence-electron chi connectivity index (χ2n) is 8.38. The van der Waals surface area contributed by atoms with Crippen molar-refractivity contribution in [1.82, 2.24) is 14.7 Å². The van der Waals surface area contributed by atoms with Crippen LogP contribution >= 0.6 is 0 Å². The summed E-state index contributed by atoms with van der Waals surface area (Å²) in [6.45, 7) is 4.16. The van der Waals surface area contributed by atoms with Crippen molar-refractivity contribution in [3.05, 3.63) is 17.5 Å². The van der Waals surface area contributed by atoms with Crippen molar-refractivity contribution in [2.75, 3.05) is 19.8 Å². The average molecular weight is 329 g/mol. The molecule has 5 heteroatoms. The topological polar surface area (TPSA) is 47.4 Å². The standard InChI is InChI=1S/C19H27N3O2/c23-19(15-5-6-15)21-8-16-10-22(7-13-1-2-13)20-18(16)17(9-21)12-24-11-14-3-4-14/h10,13-15,17H,1-9,11-12H2. The molecular weight excluding hydrogens is 302 g/mol. The van der Waals surface area contributed by atoms with Crippen LogP contribution in [0.3, 0.4) is 0 Å². The van der Waals surface area contributed by atoms with Crippen LogP contribution in [0.4, 0.5) is 0 Å². The van der Waals surface area contributed by atoms with Gasteiger partial charge < -0.3 is 9.64 Å². The fourth-order valence-corrected chi connectivity index (χ4v) is 3.77. The normalized spacial score (nSPS) is 26.5. The third kappa shape index (κ3) is 3.23. The molecule has 1 aromatic rings. The van der Waals surface area contributed by atoms with E-state index >= 15 is 0 Å².